The summed E-state index contributed by atoms with van der Waals surface area (Å²) in [6.07, 6.45) is 1.87. The summed E-state index contributed by atoms with van der Waals surface area (Å²) >= 11 is 0. The Balaban J connectivity index is 3.83. The summed E-state index contributed by atoms with van der Waals surface area (Å²) < 4.78 is 0. The van der Waals surface area contributed by atoms with Crippen LogP contribution in [0.1, 0.15) is 27.7 Å². The lowest BCUT2D eigenvalue weighted by Gasteiger charge is -2.17. The van der Waals surface area contributed by atoms with Gasteiger partial charge in [-0.2, -0.15) is 0 Å². The average molecular weight is 170 g/mol. The van der Waals surface area contributed by atoms with Gasteiger partial charge in [0.2, 0.25) is 12.2 Å². The average Bonchev–Trinajstić information content (AvgIpc) is 2.00. The van der Waals surface area contributed by atoms with Gasteiger partial charge in [-0.05, 0) is 0 Å². The van der Waals surface area contributed by atoms with Crippen molar-refractivity contribution in [3.05, 3.63) is 0 Å². The first-order chi connectivity index (χ1) is 5.39. The van der Waals surface area contributed by atoms with Gasteiger partial charge < -0.3 is 5.32 Å². The van der Waals surface area contributed by atoms with E-state index >= 15 is 0 Å². The molecule has 69 valence electrons. The SMILES string of the molecule is CC(C)C(=O)NCC(C)(C)[C]=O. The Morgan fingerprint density at radius 1 is 1.50 bits per heavy atom. The van der Waals surface area contributed by atoms with Crippen LogP contribution >= 0.6 is 0 Å². The van der Waals surface area contributed by atoms with Crippen LogP contribution in [0.15, 0.2) is 0 Å². The summed E-state index contributed by atoms with van der Waals surface area (Å²) in [4.78, 5) is 21.4. The molecule has 12 heavy (non-hydrogen) atoms. The highest BCUT2D eigenvalue weighted by Crippen LogP contribution is 2.08. The van der Waals surface area contributed by atoms with Gasteiger partial charge in [-0.1, -0.05) is 27.7 Å². The van der Waals surface area contributed by atoms with Crippen LogP contribution in [-0.2, 0) is 9.59 Å². The molecule has 0 aromatic rings. The van der Waals surface area contributed by atoms with Crippen LogP contribution in [0.25, 0.3) is 0 Å². The molecule has 0 unspecified atom stereocenters. The Bertz CT molecular complexity index is 173. The second kappa shape index (κ2) is 4.24. The second-order valence-electron chi connectivity index (χ2n) is 3.86. The summed E-state index contributed by atoms with van der Waals surface area (Å²) in [6.45, 7) is 7.45. The molecule has 0 atom stereocenters. The molecule has 0 saturated heterocycles. The number of hydrogen-bond donors (Lipinski definition) is 1. The fraction of sp³-hybridized carbons (Fsp3) is 0.778. The van der Waals surface area contributed by atoms with E-state index in [4.69, 9.17) is 0 Å². The summed E-state index contributed by atoms with van der Waals surface area (Å²) in [6, 6.07) is 0. The van der Waals surface area contributed by atoms with Crippen LogP contribution in [0.3, 0.4) is 0 Å². The van der Waals surface area contributed by atoms with E-state index in [9.17, 15) is 9.59 Å². The van der Waals surface area contributed by atoms with Gasteiger partial charge in [-0.3, -0.25) is 9.59 Å². The molecule has 0 rings (SSSR count). The fourth-order valence-electron chi connectivity index (χ4n) is 0.548. The fourth-order valence-corrected chi connectivity index (χ4v) is 0.548. The number of carbonyl (C=O) groups is 1. The van der Waals surface area contributed by atoms with Gasteiger partial charge in [-0.15, -0.1) is 0 Å². The van der Waals surface area contributed by atoms with Crippen LogP contribution in [0.4, 0.5) is 0 Å². The third-order valence-corrected chi connectivity index (χ3v) is 1.51. The van der Waals surface area contributed by atoms with E-state index in [-0.39, 0.29) is 11.8 Å². The molecule has 0 fully saturated rings. The zero-order chi connectivity index (χ0) is 9.78. The molecule has 0 aromatic carbocycles. The van der Waals surface area contributed by atoms with Crippen molar-refractivity contribution in [3.8, 4) is 0 Å². The molecule has 0 aliphatic carbocycles. The Kier molecular flexibility index (Phi) is 3.93. The van der Waals surface area contributed by atoms with Gasteiger partial charge in [0.25, 0.3) is 0 Å². The topological polar surface area (TPSA) is 46.2 Å². The molecule has 1 radical (unpaired) electrons. The van der Waals surface area contributed by atoms with Crippen molar-refractivity contribution in [2.24, 2.45) is 11.3 Å². The molecule has 0 aliphatic heterocycles. The lowest BCUT2D eigenvalue weighted by Crippen LogP contribution is -2.36. The number of amides is 1. The maximum absolute atomic E-state index is 11.1. The van der Waals surface area contributed by atoms with Crippen molar-refractivity contribution in [2.45, 2.75) is 27.7 Å². The van der Waals surface area contributed by atoms with Crippen LogP contribution < -0.4 is 5.32 Å². The van der Waals surface area contributed by atoms with Gasteiger partial charge in [0.1, 0.15) is 0 Å². The Labute approximate surface area is 73.5 Å². The minimum atomic E-state index is -0.579. The molecule has 0 spiro atoms. The smallest absolute Gasteiger partial charge is 0.222 e. The molecule has 3 heteroatoms. The van der Waals surface area contributed by atoms with Crippen molar-refractivity contribution < 1.29 is 9.59 Å². The molecular weight excluding hydrogens is 154 g/mol. The molecule has 0 aromatic heterocycles. The van der Waals surface area contributed by atoms with E-state index in [0.29, 0.717) is 6.54 Å². The predicted molar refractivity (Wildman–Crippen MR) is 47.3 cm³/mol. The Morgan fingerprint density at radius 3 is 2.33 bits per heavy atom. The Hall–Kier alpha value is -0.860. The van der Waals surface area contributed by atoms with Gasteiger partial charge in [0, 0.05) is 17.9 Å². The van der Waals surface area contributed by atoms with E-state index < -0.39 is 5.41 Å². The second-order valence-corrected chi connectivity index (χ2v) is 3.86. The summed E-state index contributed by atoms with van der Waals surface area (Å²) in [5.41, 5.74) is -0.579. The monoisotopic (exact) mass is 170 g/mol. The maximum Gasteiger partial charge on any atom is 0.222 e. The third-order valence-electron chi connectivity index (χ3n) is 1.51. The van der Waals surface area contributed by atoms with Gasteiger partial charge in [-0.25, -0.2) is 0 Å². The standard InChI is InChI=1S/C9H16NO2/c1-7(2)8(12)10-5-9(3,4)6-11/h7H,5H2,1-4H3,(H,10,12). The van der Waals surface area contributed by atoms with Crippen LogP contribution in [0.2, 0.25) is 0 Å². The highest BCUT2D eigenvalue weighted by Gasteiger charge is 2.19. The molecule has 3 nitrogen and oxygen atoms in total. The molecule has 0 bridgehead atoms. The molecule has 1 N–H and O–H groups in total. The van der Waals surface area contributed by atoms with E-state index in [1.54, 1.807) is 13.8 Å². The van der Waals surface area contributed by atoms with Crippen molar-refractivity contribution in [2.75, 3.05) is 6.54 Å². The van der Waals surface area contributed by atoms with Gasteiger partial charge in [0.05, 0.1) is 0 Å². The first-order valence-corrected chi connectivity index (χ1v) is 4.06. The zero-order valence-electron chi connectivity index (χ0n) is 8.10. The summed E-state index contributed by atoms with van der Waals surface area (Å²) in [7, 11) is 0. The summed E-state index contributed by atoms with van der Waals surface area (Å²) in [5, 5.41) is 2.67. The van der Waals surface area contributed by atoms with Crippen molar-refractivity contribution in [3.63, 3.8) is 0 Å². The molecule has 0 heterocycles. The highest BCUT2D eigenvalue weighted by molar-refractivity contribution is 5.78. The van der Waals surface area contributed by atoms with Crippen LogP contribution in [-0.4, -0.2) is 18.7 Å². The quantitative estimate of drug-likeness (QED) is 0.681. The first-order valence-electron chi connectivity index (χ1n) is 4.06. The van der Waals surface area contributed by atoms with Crippen molar-refractivity contribution in [1.82, 2.24) is 5.32 Å². The minimum absolute atomic E-state index is 0.0293. The van der Waals surface area contributed by atoms with E-state index in [0.717, 1.165) is 0 Å². The van der Waals surface area contributed by atoms with Crippen LogP contribution in [0.5, 0.6) is 0 Å². The maximum atomic E-state index is 11.1. The normalized spacial score (nSPS) is 11.4. The van der Waals surface area contributed by atoms with Crippen molar-refractivity contribution >= 4 is 12.2 Å². The largest absolute Gasteiger partial charge is 0.355 e. The number of rotatable bonds is 4. The molecule has 0 saturated carbocycles. The predicted octanol–water partition coefficient (Wildman–Crippen LogP) is 0.894. The number of carbonyl (C=O) groups excluding carboxylic acids is 2. The van der Waals surface area contributed by atoms with E-state index in [2.05, 4.69) is 5.32 Å². The zero-order valence-corrected chi connectivity index (χ0v) is 8.10. The molecule has 0 aliphatic rings. The Morgan fingerprint density at radius 2 is 2.00 bits per heavy atom. The van der Waals surface area contributed by atoms with E-state index in [1.165, 1.54) is 0 Å². The van der Waals surface area contributed by atoms with Crippen molar-refractivity contribution in [1.29, 1.82) is 0 Å². The summed E-state index contributed by atoms with van der Waals surface area (Å²) in [5.74, 6) is -0.0641. The van der Waals surface area contributed by atoms with E-state index in [1.807, 2.05) is 20.1 Å². The molecular formula is C9H16NO2. The third kappa shape index (κ3) is 4.11. The lowest BCUT2D eigenvalue weighted by molar-refractivity contribution is -0.124. The number of hydrogen-bond acceptors (Lipinski definition) is 2. The lowest BCUT2D eigenvalue weighted by atomic mass is 9.96. The number of nitrogens with one attached hydrogen (secondary N) is 1. The van der Waals surface area contributed by atoms with Gasteiger partial charge >= 0.3 is 0 Å². The first kappa shape index (κ1) is 11.1. The van der Waals surface area contributed by atoms with Crippen LogP contribution in [0, 0.1) is 11.3 Å². The highest BCUT2D eigenvalue weighted by atomic mass is 16.2. The molecule has 1 amide bonds. The minimum Gasteiger partial charge on any atom is -0.355 e. The van der Waals surface area contributed by atoms with Gasteiger partial charge in [0.15, 0.2) is 0 Å².